The molecule has 0 aliphatic rings. The van der Waals surface area contributed by atoms with E-state index < -0.39 is 0 Å². The smallest absolute Gasteiger partial charge is 0.124 e. The molecule has 3 heteroatoms. The predicted octanol–water partition coefficient (Wildman–Crippen LogP) is 3.84. The van der Waals surface area contributed by atoms with Gasteiger partial charge in [-0.1, -0.05) is 39.7 Å². The number of phenols is 1. The van der Waals surface area contributed by atoms with Crippen LogP contribution in [0.5, 0.6) is 5.75 Å². The van der Waals surface area contributed by atoms with E-state index in [2.05, 4.69) is 15.9 Å². The molecule has 13 heavy (non-hydrogen) atoms. The molecule has 1 nitrogen and oxygen atoms in total. The number of benzene rings is 1. The Morgan fingerprint density at radius 2 is 2.23 bits per heavy atom. The van der Waals surface area contributed by atoms with E-state index in [0.29, 0.717) is 5.02 Å². The number of allylic oxidation sites excluding steroid dienone is 1. The van der Waals surface area contributed by atoms with E-state index in [1.807, 2.05) is 12.2 Å². The van der Waals surface area contributed by atoms with Crippen LogP contribution in [0.4, 0.5) is 0 Å². The first-order valence-corrected chi connectivity index (χ1v) is 5.45. The number of hydrogen-bond acceptors (Lipinski definition) is 1. The summed E-state index contributed by atoms with van der Waals surface area (Å²) in [5.74, 6) is 0.221. The summed E-state index contributed by atoms with van der Waals surface area (Å²) >= 11 is 9.00. The lowest BCUT2D eigenvalue weighted by Crippen LogP contribution is -1.74. The molecule has 0 spiro atoms. The third-order valence-electron chi connectivity index (χ3n) is 1.57. The summed E-state index contributed by atoms with van der Waals surface area (Å²) in [6.45, 7) is 0. The summed E-state index contributed by atoms with van der Waals surface area (Å²) in [5.41, 5.74) is 0.797. The molecule has 0 aromatic heterocycles. The molecule has 0 saturated carbocycles. The first-order valence-electron chi connectivity index (χ1n) is 3.95. The van der Waals surface area contributed by atoms with Crippen LogP contribution in [0.25, 0.3) is 6.08 Å². The van der Waals surface area contributed by atoms with Gasteiger partial charge in [0.05, 0.1) is 0 Å². The van der Waals surface area contributed by atoms with E-state index >= 15 is 0 Å². The first kappa shape index (κ1) is 10.6. The van der Waals surface area contributed by atoms with Crippen LogP contribution in [0.2, 0.25) is 5.02 Å². The van der Waals surface area contributed by atoms with Crippen molar-refractivity contribution in [2.45, 2.75) is 6.42 Å². The largest absolute Gasteiger partial charge is 0.507 e. The van der Waals surface area contributed by atoms with Crippen LogP contribution >= 0.6 is 27.5 Å². The summed E-state index contributed by atoms with van der Waals surface area (Å²) < 4.78 is 0. The molecule has 1 aromatic rings. The lowest BCUT2D eigenvalue weighted by Gasteiger charge is -1.98. The monoisotopic (exact) mass is 260 g/mol. The zero-order valence-corrected chi connectivity index (χ0v) is 9.35. The molecular weight excluding hydrogens is 251 g/mol. The topological polar surface area (TPSA) is 20.2 Å². The van der Waals surface area contributed by atoms with Gasteiger partial charge in [-0.3, -0.25) is 0 Å². The normalized spacial score (nSPS) is 10.9. The van der Waals surface area contributed by atoms with E-state index in [4.69, 9.17) is 11.6 Å². The van der Waals surface area contributed by atoms with Gasteiger partial charge in [0.2, 0.25) is 0 Å². The highest BCUT2D eigenvalue weighted by Gasteiger charge is 1.96. The molecule has 0 unspecified atom stereocenters. The molecule has 0 radical (unpaired) electrons. The third-order valence-corrected chi connectivity index (χ3v) is 2.26. The molecule has 0 fully saturated rings. The molecule has 0 saturated heterocycles. The second-order valence-corrected chi connectivity index (χ2v) is 3.81. The van der Waals surface area contributed by atoms with Gasteiger partial charge in [-0.2, -0.15) is 0 Å². The first-order chi connectivity index (χ1) is 6.24. The van der Waals surface area contributed by atoms with E-state index in [1.165, 1.54) is 6.07 Å². The molecule has 0 aliphatic heterocycles. The number of rotatable bonds is 3. The van der Waals surface area contributed by atoms with Crippen LogP contribution in [-0.2, 0) is 0 Å². The van der Waals surface area contributed by atoms with Gasteiger partial charge in [0.25, 0.3) is 0 Å². The molecule has 0 amide bonds. The standard InChI is InChI=1S/C10H10BrClO/c11-6-2-1-3-8-4-5-9(12)7-10(8)13/h1,3-5,7,13H,2,6H2. The molecule has 0 aliphatic carbocycles. The summed E-state index contributed by atoms with van der Waals surface area (Å²) in [7, 11) is 0. The van der Waals surface area contributed by atoms with E-state index in [1.54, 1.807) is 12.1 Å². The van der Waals surface area contributed by atoms with Gasteiger partial charge < -0.3 is 5.11 Å². The van der Waals surface area contributed by atoms with Crippen molar-refractivity contribution in [3.63, 3.8) is 0 Å². The minimum absolute atomic E-state index is 0.221. The molecule has 0 bridgehead atoms. The lowest BCUT2D eigenvalue weighted by atomic mass is 10.2. The summed E-state index contributed by atoms with van der Waals surface area (Å²) in [5, 5.41) is 10.9. The van der Waals surface area contributed by atoms with Crippen LogP contribution in [-0.4, -0.2) is 10.4 Å². The van der Waals surface area contributed by atoms with Gasteiger partial charge >= 0.3 is 0 Å². The number of hydrogen-bond donors (Lipinski definition) is 1. The Kier molecular flexibility index (Phi) is 4.33. The highest BCUT2D eigenvalue weighted by atomic mass is 79.9. The number of alkyl halides is 1. The molecule has 1 N–H and O–H groups in total. The van der Waals surface area contributed by atoms with E-state index in [0.717, 1.165) is 17.3 Å². The maximum Gasteiger partial charge on any atom is 0.124 e. The highest BCUT2D eigenvalue weighted by Crippen LogP contribution is 2.22. The van der Waals surface area contributed by atoms with Crippen molar-refractivity contribution in [3.05, 3.63) is 34.9 Å². The Bertz CT molecular complexity index is 310. The fourth-order valence-electron chi connectivity index (χ4n) is 0.931. The van der Waals surface area contributed by atoms with E-state index in [9.17, 15) is 5.11 Å². The van der Waals surface area contributed by atoms with Crippen LogP contribution in [0.15, 0.2) is 24.3 Å². The van der Waals surface area contributed by atoms with Crippen molar-refractivity contribution < 1.29 is 5.11 Å². The van der Waals surface area contributed by atoms with Crippen LogP contribution in [0, 0.1) is 0 Å². The average Bonchev–Trinajstić information content (AvgIpc) is 2.09. The van der Waals surface area contributed by atoms with Crippen molar-refractivity contribution in [3.8, 4) is 5.75 Å². The molecule has 0 atom stereocenters. The van der Waals surface area contributed by atoms with Crippen molar-refractivity contribution in [1.29, 1.82) is 0 Å². The van der Waals surface area contributed by atoms with Crippen molar-refractivity contribution in [2.24, 2.45) is 0 Å². The van der Waals surface area contributed by atoms with Gasteiger partial charge in [0.15, 0.2) is 0 Å². The third kappa shape index (κ3) is 3.41. The van der Waals surface area contributed by atoms with Crippen LogP contribution in [0.3, 0.4) is 0 Å². The van der Waals surface area contributed by atoms with Crippen molar-refractivity contribution in [1.82, 2.24) is 0 Å². The zero-order valence-electron chi connectivity index (χ0n) is 7.00. The average molecular weight is 262 g/mol. The maximum absolute atomic E-state index is 9.44. The number of phenolic OH excluding ortho intramolecular Hbond substituents is 1. The molecule has 1 rings (SSSR count). The highest BCUT2D eigenvalue weighted by molar-refractivity contribution is 9.09. The Morgan fingerprint density at radius 1 is 1.46 bits per heavy atom. The molecule has 70 valence electrons. The minimum atomic E-state index is 0.221. The molecular formula is C10H10BrClO. The van der Waals surface area contributed by atoms with Gasteiger partial charge in [0.1, 0.15) is 5.75 Å². The SMILES string of the molecule is Oc1cc(Cl)ccc1C=CCCBr. The summed E-state index contributed by atoms with van der Waals surface area (Å²) in [4.78, 5) is 0. The summed E-state index contributed by atoms with van der Waals surface area (Å²) in [6.07, 6.45) is 4.83. The fraction of sp³-hybridized carbons (Fsp3) is 0.200. The minimum Gasteiger partial charge on any atom is -0.507 e. The van der Waals surface area contributed by atoms with Gasteiger partial charge in [-0.25, -0.2) is 0 Å². The molecule has 1 aromatic carbocycles. The molecule has 0 heterocycles. The van der Waals surface area contributed by atoms with Gasteiger partial charge in [0, 0.05) is 15.9 Å². The predicted molar refractivity (Wildman–Crippen MR) is 60.6 cm³/mol. The van der Waals surface area contributed by atoms with Gasteiger partial charge in [-0.15, -0.1) is 0 Å². The quantitative estimate of drug-likeness (QED) is 0.820. The number of aromatic hydroxyl groups is 1. The van der Waals surface area contributed by atoms with Crippen LogP contribution < -0.4 is 0 Å². The van der Waals surface area contributed by atoms with Crippen molar-refractivity contribution >= 4 is 33.6 Å². The Morgan fingerprint density at radius 3 is 2.85 bits per heavy atom. The lowest BCUT2D eigenvalue weighted by molar-refractivity contribution is 0.474. The van der Waals surface area contributed by atoms with Crippen LogP contribution in [0.1, 0.15) is 12.0 Å². The Balaban J connectivity index is 2.77. The second-order valence-electron chi connectivity index (χ2n) is 2.58. The summed E-state index contributed by atoms with van der Waals surface area (Å²) in [6, 6.07) is 5.09. The zero-order chi connectivity index (χ0) is 9.68. The van der Waals surface area contributed by atoms with Gasteiger partial charge in [-0.05, 0) is 24.6 Å². The fourth-order valence-corrected chi connectivity index (χ4v) is 1.36. The van der Waals surface area contributed by atoms with Crippen molar-refractivity contribution in [2.75, 3.05) is 5.33 Å². The second kappa shape index (κ2) is 5.30. The maximum atomic E-state index is 9.44. The Hall–Kier alpha value is -0.470. The number of halogens is 2. The Labute approximate surface area is 91.2 Å². The van der Waals surface area contributed by atoms with E-state index in [-0.39, 0.29) is 5.75 Å².